The molecule has 0 amide bonds. The van der Waals surface area contributed by atoms with E-state index in [9.17, 15) is 0 Å². The molecule has 5 nitrogen and oxygen atoms in total. The van der Waals surface area contributed by atoms with Crippen LogP contribution in [0, 0.1) is 0 Å². The lowest BCUT2D eigenvalue weighted by Gasteiger charge is -1.94. The Hall–Kier alpha value is -1.01. The highest BCUT2D eigenvalue weighted by Gasteiger charge is 2.13. The SMILES string of the molecule is Cn1nnc(-c2nncs2)c1CCl. The summed E-state index contributed by atoms with van der Waals surface area (Å²) in [6, 6.07) is 0. The lowest BCUT2D eigenvalue weighted by Crippen LogP contribution is -1.95. The van der Waals surface area contributed by atoms with Crippen LogP contribution in [0.2, 0.25) is 0 Å². The van der Waals surface area contributed by atoms with E-state index in [1.807, 2.05) is 0 Å². The Bertz CT molecular complexity index is 395. The second kappa shape index (κ2) is 3.39. The van der Waals surface area contributed by atoms with Gasteiger partial charge in [0.25, 0.3) is 0 Å². The summed E-state index contributed by atoms with van der Waals surface area (Å²) in [5.74, 6) is 0.373. The molecule has 0 saturated heterocycles. The van der Waals surface area contributed by atoms with E-state index in [4.69, 9.17) is 11.6 Å². The van der Waals surface area contributed by atoms with Crippen molar-refractivity contribution in [3.8, 4) is 10.7 Å². The van der Waals surface area contributed by atoms with Gasteiger partial charge in [-0.1, -0.05) is 16.6 Å². The van der Waals surface area contributed by atoms with E-state index < -0.39 is 0 Å². The molecule has 2 aromatic heterocycles. The summed E-state index contributed by atoms with van der Waals surface area (Å²) in [7, 11) is 1.80. The van der Waals surface area contributed by atoms with Gasteiger partial charge in [0.05, 0.1) is 11.6 Å². The summed E-state index contributed by atoms with van der Waals surface area (Å²) in [6.07, 6.45) is 0. The van der Waals surface area contributed by atoms with Gasteiger partial charge in [-0.3, -0.25) is 4.68 Å². The minimum atomic E-state index is 0.373. The van der Waals surface area contributed by atoms with Gasteiger partial charge in [0.1, 0.15) is 11.2 Å². The summed E-state index contributed by atoms with van der Waals surface area (Å²) in [5.41, 5.74) is 3.24. The Balaban J connectivity index is 2.52. The fourth-order valence-corrected chi connectivity index (χ4v) is 1.83. The van der Waals surface area contributed by atoms with E-state index >= 15 is 0 Å². The summed E-state index contributed by atoms with van der Waals surface area (Å²) < 4.78 is 1.64. The number of aryl methyl sites for hydroxylation is 1. The number of nitrogens with zero attached hydrogens (tertiary/aromatic N) is 5. The van der Waals surface area contributed by atoms with Gasteiger partial charge < -0.3 is 0 Å². The molecule has 0 fully saturated rings. The molecule has 68 valence electrons. The zero-order valence-corrected chi connectivity index (χ0v) is 8.38. The topological polar surface area (TPSA) is 56.5 Å². The van der Waals surface area contributed by atoms with Crippen molar-refractivity contribution < 1.29 is 0 Å². The number of halogens is 1. The van der Waals surface area contributed by atoms with Crippen LogP contribution in [-0.4, -0.2) is 25.2 Å². The second-order valence-electron chi connectivity index (χ2n) is 2.39. The van der Waals surface area contributed by atoms with Crippen LogP contribution in [0.5, 0.6) is 0 Å². The molecule has 0 atom stereocenters. The molecule has 0 bridgehead atoms. The van der Waals surface area contributed by atoms with E-state index in [0.29, 0.717) is 5.88 Å². The Labute approximate surface area is 83.4 Å². The third-order valence-corrected chi connectivity index (χ3v) is 2.58. The van der Waals surface area contributed by atoms with Gasteiger partial charge in [-0.25, -0.2) is 0 Å². The van der Waals surface area contributed by atoms with Gasteiger partial charge in [-0.2, -0.15) is 0 Å². The van der Waals surface area contributed by atoms with Crippen LogP contribution in [0.1, 0.15) is 5.69 Å². The molecule has 0 spiro atoms. The van der Waals surface area contributed by atoms with Crippen LogP contribution in [0.25, 0.3) is 10.7 Å². The summed E-state index contributed by atoms with van der Waals surface area (Å²) in [6.45, 7) is 0. The normalized spacial score (nSPS) is 10.6. The number of hydrogen-bond donors (Lipinski definition) is 0. The maximum absolute atomic E-state index is 5.75. The number of alkyl halides is 1. The number of aromatic nitrogens is 5. The van der Waals surface area contributed by atoms with Crippen LogP contribution in [0.3, 0.4) is 0 Å². The molecule has 2 heterocycles. The highest BCUT2D eigenvalue weighted by molar-refractivity contribution is 7.12. The average molecular weight is 216 g/mol. The lowest BCUT2D eigenvalue weighted by atomic mass is 10.3. The van der Waals surface area contributed by atoms with E-state index in [2.05, 4.69) is 20.5 Å². The highest BCUT2D eigenvalue weighted by Crippen LogP contribution is 2.22. The fraction of sp³-hybridized carbons (Fsp3) is 0.333. The van der Waals surface area contributed by atoms with E-state index in [-0.39, 0.29) is 0 Å². The van der Waals surface area contributed by atoms with Crippen LogP contribution in [0.4, 0.5) is 0 Å². The maximum Gasteiger partial charge on any atom is 0.169 e. The van der Waals surface area contributed by atoms with Crippen molar-refractivity contribution in [3.63, 3.8) is 0 Å². The first-order valence-electron chi connectivity index (χ1n) is 3.54. The summed E-state index contributed by atoms with van der Waals surface area (Å²) in [4.78, 5) is 0. The van der Waals surface area contributed by atoms with Gasteiger partial charge >= 0.3 is 0 Å². The van der Waals surface area contributed by atoms with Gasteiger partial charge in [-0.15, -0.1) is 26.9 Å². The molecule has 0 aromatic carbocycles. The fourth-order valence-electron chi connectivity index (χ4n) is 0.969. The van der Waals surface area contributed by atoms with Crippen LogP contribution < -0.4 is 0 Å². The Morgan fingerprint density at radius 3 is 3.00 bits per heavy atom. The van der Waals surface area contributed by atoms with Crippen molar-refractivity contribution in [1.29, 1.82) is 0 Å². The Morgan fingerprint density at radius 2 is 2.38 bits per heavy atom. The Kier molecular flexibility index (Phi) is 2.24. The molecule has 0 aliphatic heterocycles. The molecule has 7 heteroatoms. The predicted molar refractivity (Wildman–Crippen MR) is 49.5 cm³/mol. The molecule has 0 aliphatic rings. The molecule has 0 unspecified atom stereocenters. The monoisotopic (exact) mass is 215 g/mol. The first kappa shape index (κ1) is 8.58. The van der Waals surface area contributed by atoms with Crippen LogP contribution >= 0.6 is 22.9 Å². The average Bonchev–Trinajstić information content (AvgIpc) is 2.71. The molecule has 13 heavy (non-hydrogen) atoms. The molecule has 2 rings (SSSR count). The lowest BCUT2D eigenvalue weighted by molar-refractivity contribution is 0.693. The van der Waals surface area contributed by atoms with Crippen molar-refractivity contribution in [2.45, 2.75) is 5.88 Å². The highest BCUT2D eigenvalue weighted by atomic mass is 35.5. The van der Waals surface area contributed by atoms with Crippen molar-refractivity contribution in [1.82, 2.24) is 25.2 Å². The molecule has 2 aromatic rings. The first-order chi connectivity index (χ1) is 6.33. The van der Waals surface area contributed by atoms with Crippen LogP contribution in [0.15, 0.2) is 5.51 Å². The molecule has 0 aliphatic carbocycles. The van der Waals surface area contributed by atoms with E-state index in [1.165, 1.54) is 11.3 Å². The predicted octanol–water partition coefficient (Wildman–Crippen LogP) is 1.07. The summed E-state index contributed by atoms with van der Waals surface area (Å²) in [5, 5.41) is 16.2. The molecule has 0 N–H and O–H groups in total. The van der Waals surface area contributed by atoms with Gasteiger partial charge in [0.15, 0.2) is 5.01 Å². The van der Waals surface area contributed by atoms with Crippen molar-refractivity contribution in [3.05, 3.63) is 11.2 Å². The summed E-state index contributed by atoms with van der Waals surface area (Å²) >= 11 is 7.17. The zero-order chi connectivity index (χ0) is 9.26. The quantitative estimate of drug-likeness (QED) is 0.704. The largest absolute Gasteiger partial charge is 0.250 e. The molecule has 0 radical (unpaired) electrons. The second-order valence-corrected chi connectivity index (χ2v) is 3.49. The molecular formula is C6H6ClN5S. The molecular weight excluding hydrogens is 210 g/mol. The third kappa shape index (κ3) is 1.42. The maximum atomic E-state index is 5.75. The van der Waals surface area contributed by atoms with E-state index in [0.717, 1.165) is 16.4 Å². The van der Waals surface area contributed by atoms with Crippen molar-refractivity contribution in [2.24, 2.45) is 7.05 Å². The smallest absolute Gasteiger partial charge is 0.169 e. The minimum absolute atomic E-state index is 0.373. The van der Waals surface area contributed by atoms with Gasteiger partial charge in [-0.05, 0) is 0 Å². The molecule has 0 saturated carbocycles. The van der Waals surface area contributed by atoms with Crippen LogP contribution in [-0.2, 0) is 12.9 Å². The number of rotatable bonds is 2. The van der Waals surface area contributed by atoms with Crippen molar-refractivity contribution in [2.75, 3.05) is 0 Å². The zero-order valence-electron chi connectivity index (χ0n) is 6.81. The first-order valence-corrected chi connectivity index (χ1v) is 4.95. The third-order valence-electron chi connectivity index (χ3n) is 1.63. The Morgan fingerprint density at radius 1 is 1.54 bits per heavy atom. The van der Waals surface area contributed by atoms with Gasteiger partial charge in [0, 0.05) is 7.05 Å². The van der Waals surface area contributed by atoms with Crippen molar-refractivity contribution >= 4 is 22.9 Å². The minimum Gasteiger partial charge on any atom is -0.250 e. The van der Waals surface area contributed by atoms with E-state index in [1.54, 1.807) is 17.2 Å². The standard InChI is InChI=1S/C6H6ClN5S/c1-12-4(2-7)5(9-11-12)6-10-8-3-13-6/h3H,2H2,1H3. The van der Waals surface area contributed by atoms with Gasteiger partial charge in [0.2, 0.25) is 0 Å². The number of hydrogen-bond acceptors (Lipinski definition) is 5.